The molecule has 2 atom stereocenters. The summed E-state index contributed by atoms with van der Waals surface area (Å²) >= 11 is 0. The van der Waals surface area contributed by atoms with Gasteiger partial charge in [0.05, 0.1) is 6.61 Å². The first kappa shape index (κ1) is 15.4. The Bertz CT molecular complexity index is 403. The number of ether oxygens (including phenoxy) is 1. The molecule has 0 spiro atoms. The third-order valence-corrected chi connectivity index (χ3v) is 3.91. The maximum atomic E-state index is 12.5. The van der Waals surface area contributed by atoms with Crippen LogP contribution in [0.15, 0.2) is 24.3 Å². The van der Waals surface area contributed by atoms with Gasteiger partial charge in [0.1, 0.15) is 0 Å². The van der Waals surface area contributed by atoms with Gasteiger partial charge in [0.15, 0.2) is 6.10 Å². The van der Waals surface area contributed by atoms with Gasteiger partial charge in [-0.25, -0.2) is 0 Å². The summed E-state index contributed by atoms with van der Waals surface area (Å²) in [6, 6.07) is 8.24. The molecule has 1 saturated heterocycles. The number of hydrogen-bond donors (Lipinski definition) is 0. The molecule has 1 heterocycles. The molecule has 1 aliphatic rings. The summed E-state index contributed by atoms with van der Waals surface area (Å²) < 4.78 is 42.5. The minimum atomic E-state index is -4.23. The molecule has 1 aromatic carbocycles. The Hall–Kier alpha value is -1.03. The highest BCUT2D eigenvalue weighted by Crippen LogP contribution is 2.35. The third-order valence-electron chi connectivity index (χ3n) is 3.91. The summed E-state index contributed by atoms with van der Waals surface area (Å²) in [7, 11) is 0. The molecule has 0 saturated carbocycles. The van der Waals surface area contributed by atoms with Crippen molar-refractivity contribution in [2.24, 2.45) is 0 Å². The lowest BCUT2D eigenvalue weighted by Gasteiger charge is -2.30. The standard InChI is InChI=1S/C16H21F3O/c1-2-3-4-12-5-7-13(8-6-12)14-9-10-15(20-11-14)16(17,18)19/h5-8,14-15H,2-4,9-11H2,1H3. The van der Waals surface area contributed by atoms with Gasteiger partial charge in [0.2, 0.25) is 0 Å². The minimum absolute atomic E-state index is 0.0613. The van der Waals surface area contributed by atoms with Crippen molar-refractivity contribution in [1.82, 2.24) is 0 Å². The second kappa shape index (κ2) is 6.61. The number of hydrogen-bond acceptors (Lipinski definition) is 1. The van der Waals surface area contributed by atoms with Crippen molar-refractivity contribution < 1.29 is 17.9 Å². The van der Waals surface area contributed by atoms with Crippen LogP contribution in [0.4, 0.5) is 13.2 Å². The number of aryl methyl sites for hydroxylation is 1. The Balaban J connectivity index is 1.90. The number of rotatable bonds is 4. The monoisotopic (exact) mass is 286 g/mol. The number of benzene rings is 1. The van der Waals surface area contributed by atoms with E-state index in [0.717, 1.165) is 18.4 Å². The Kier molecular flexibility index (Phi) is 5.08. The topological polar surface area (TPSA) is 9.23 Å². The quantitative estimate of drug-likeness (QED) is 0.768. The van der Waals surface area contributed by atoms with Gasteiger partial charge >= 0.3 is 6.18 Å². The van der Waals surface area contributed by atoms with Gasteiger partial charge in [0.25, 0.3) is 0 Å². The molecule has 2 unspecified atom stereocenters. The Labute approximate surface area is 118 Å². The molecular formula is C16H21F3O. The van der Waals surface area contributed by atoms with Crippen molar-refractivity contribution in [3.05, 3.63) is 35.4 Å². The van der Waals surface area contributed by atoms with Crippen molar-refractivity contribution in [3.8, 4) is 0 Å². The molecule has 0 aromatic heterocycles. The third kappa shape index (κ3) is 3.98. The van der Waals surface area contributed by atoms with Gasteiger partial charge in [-0.1, -0.05) is 37.6 Å². The summed E-state index contributed by atoms with van der Waals surface area (Å²) in [4.78, 5) is 0. The average molecular weight is 286 g/mol. The lowest BCUT2D eigenvalue weighted by atomic mass is 9.90. The predicted molar refractivity (Wildman–Crippen MR) is 72.8 cm³/mol. The van der Waals surface area contributed by atoms with E-state index in [1.165, 1.54) is 12.0 Å². The van der Waals surface area contributed by atoms with E-state index in [1.807, 2.05) is 12.1 Å². The number of unbranched alkanes of at least 4 members (excludes halogenated alkanes) is 1. The van der Waals surface area contributed by atoms with Crippen LogP contribution in [0.3, 0.4) is 0 Å². The summed E-state index contributed by atoms with van der Waals surface area (Å²) in [6.07, 6.45) is -1.81. The van der Waals surface area contributed by atoms with E-state index in [9.17, 15) is 13.2 Å². The van der Waals surface area contributed by atoms with Crippen LogP contribution in [-0.4, -0.2) is 18.9 Å². The van der Waals surface area contributed by atoms with Crippen molar-refractivity contribution in [2.45, 2.75) is 57.2 Å². The lowest BCUT2D eigenvalue weighted by Crippen LogP contribution is -2.36. The zero-order chi connectivity index (χ0) is 14.6. The fourth-order valence-electron chi connectivity index (χ4n) is 2.61. The Morgan fingerprint density at radius 1 is 1.15 bits per heavy atom. The van der Waals surface area contributed by atoms with E-state index in [4.69, 9.17) is 4.74 Å². The fourth-order valence-corrected chi connectivity index (χ4v) is 2.61. The highest BCUT2D eigenvalue weighted by Gasteiger charge is 2.42. The van der Waals surface area contributed by atoms with Gasteiger partial charge in [-0.05, 0) is 36.8 Å². The second-order valence-corrected chi connectivity index (χ2v) is 5.48. The molecular weight excluding hydrogens is 265 g/mol. The van der Waals surface area contributed by atoms with Crippen LogP contribution in [0.2, 0.25) is 0 Å². The van der Waals surface area contributed by atoms with E-state index in [2.05, 4.69) is 19.1 Å². The molecule has 1 aromatic rings. The van der Waals surface area contributed by atoms with Gasteiger partial charge in [0, 0.05) is 5.92 Å². The maximum absolute atomic E-state index is 12.5. The first-order chi connectivity index (χ1) is 9.50. The molecule has 1 fully saturated rings. The van der Waals surface area contributed by atoms with E-state index >= 15 is 0 Å². The SMILES string of the molecule is CCCCc1ccc(C2CCC(C(F)(F)F)OC2)cc1. The van der Waals surface area contributed by atoms with Crippen LogP contribution < -0.4 is 0 Å². The lowest BCUT2D eigenvalue weighted by molar-refractivity contribution is -0.232. The maximum Gasteiger partial charge on any atom is 0.414 e. The zero-order valence-electron chi connectivity index (χ0n) is 11.7. The second-order valence-electron chi connectivity index (χ2n) is 5.48. The minimum Gasteiger partial charge on any atom is -0.368 e. The fraction of sp³-hybridized carbons (Fsp3) is 0.625. The smallest absolute Gasteiger partial charge is 0.368 e. The molecule has 0 bridgehead atoms. The Morgan fingerprint density at radius 3 is 2.35 bits per heavy atom. The molecule has 0 aliphatic carbocycles. The molecule has 0 radical (unpaired) electrons. The first-order valence-corrected chi connectivity index (χ1v) is 7.28. The zero-order valence-corrected chi connectivity index (χ0v) is 11.7. The molecule has 1 aliphatic heterocycles. The Morgan fingerprint density at radius 2 is 1.85 bits per heavy atom. The van der Waals surface area contributed by atoms with Crippen molar-refractivity contribution in [3.63, 3.8) is 0 Å². The largest absolute Gasteiger partial charge is 0.414 e. The molecule has 0 amide bonds. The van der Waals surface area contributed by atoms with E-state index < -0.39 is 12.3 Å². The molecule has 1 nitrogen and oxygen atoms in total. The van der Waals surface area contributed by atoms with Crippen LogP contribution in [0.25, 0.3) is 0 Å². The normalized spacial score (nSPS) is 23.8. The molecule has 4 heteroatoms. The molecule has 2 rings (SSSR count). The van der Waals surface area contributed by atoms with Crippen LogP contribution in [0, 0.1) is 0 Å². The summed E-state index contributed by atoms with van der Waals surface area (Å²) in [5, 5.41) is 0. The van der Waals surface area contributed by atoms with E-state index in [1.54, 1.807) is 0 Å². The number of alkyl halides is 3. The van der Waals surface area contributed by atoms with Gasteiger partial charge in [-0.3, -0.25) is 0 Å². The van der Waals surface area contributed by atoms with Crippen molar-refractivity contribution in [2.75, 3.05) is 6.61 Å². The van der Waals surface area contributed by atoms with Crippen molar-refractivity contribution >= 4 is 0 Å². The molecule has 20 heavy (non-hydrogen) atoms. The van der Waals surface area contributed by atoms with Crippen LogP contribution in [-0.2, 0) is 11.2 Å². The first-order valence-electron chi connectivity index (χ1n) is 7.28. The van der Waals surface area contributed by atoms with E-state index in [-0.39, 0.29) is 18.9 Å². The molecule has 112 valence electrons. The summed E-state index contributed by atoms with van der Waals surface area (Å²) in [6.45, 7) is 2.32. The van der Waals surface area contributed by atoms with Crippen LogP contribution in [0.5, 0.6) is 0 Å². The number of halogens is 3. The predicted octanol–water partition coefficient (Wildman–Crippen LogP) is 4.85. The average Bonchev–Trinajstić information content (AvgIpc) is 2.45. The highest BCUT2D eigenvalue weighted by atomic mass is 19.4. The van der Waals surface area contributed by atoms with Crippen molar-refractivity contribution in [1.29, 1.82) is 0 Å². The van der Waals surface area contributed by atoms with Crippen LogP contribution in [0.1, 0.15) is 49.7 Å². The summed E-state index contributed by atoms with van der Waals surface area (Å²) in [5.41, 5.74) is 2.38. The van der Waals surface area contributed by atoms with Gasteiger partial charge in [-0.2, -0.15) is 13.2 Å². The van der Waals surface area contributed by atoms with E-state index in [0.29, 0.717) is 6.42 Å². The van der Waals surface area contributed by atoms with Gasteiger partial charge < -0.3 is 4.74 Å². The molecule has 0 N–H and O–H groups in total. The van der Waals surface area contributed by atoms with Crippen LogP contribution >= 0.6 is 0 Å². The summed E-state index contributed by atoms with van der Waals surface area (Å²) in [5.74, 6) is 0.0915. The van der Waals surface area contributed by atoms with Gasteiger partial charge in [-0.15, -0.1) is 0 Å². The highest BCUT2D eigenvalue weighted by molar-refractivity contribution is 5.26.